The highest BCUT2D eigenvalue weighted by Crippen LogP contribution is 2.32. The Morgan fingerprint density at radius 3 is 2.88 bits per heavy atom. The summed E-state index contributed by atoms with van der Waals surface area (Å²) in [7, 11) is 0. The van der Waals surface area contributed by atoms with Crippen molar-refractivity contribution in [2.24, 2.45) is 5.73 Å². The molecule has 1 aromatic carbocycles. The minimum atomic E-state index is -0.234. The van der Waals surface area contributed by atoms with Crippen LogP contribution in [0.4, 0.5) is 5.69 Å². The van der Waals surface area contributed by atoms with E-state index in [1.807, 2.05) is 36.5 Å². The molecule has 0 atom stereocenters. The number of carbonyl (C=O) groups is 1. The van der Waals surface area contributed by atoms with Crippen molar-refractivity contribution in [3.8, 4) is 0 Å². The molecule has 0 bridgehead atoms. The Labute approximate surface area is 194 Å². The van der Waals surface area contributed by atoms with Gasteiger partial charge in [-0.1, -0.05) is 6.07 Å². The van der Waals surface area contributed by atoms with Gasteiger partial charge in [0.2, 0.25) is 0 Å². The number of pyridine rings is 2. The molecular formula is C24H25BrN6O. The van der Waals surface area contributed by atoms with E-state index in [1.54, 1.807) is 6.20 Å². The molecule has 5 rings (SSSR count). The topological polar surface area (TPSA) is 109 Å². The number of nitrogens with one attached hydrogen (secondary N) is 3. The highest BCUT2D eigenvalue weighted by atomic mass is 79.9. The van der Waals surface area contributed by atoms with E-state index in [0.29, 0.717) is 22.5 Å². The third kappa shape index (κ3) is 4.20. The van der Waals surface area contributed by atoms with Crippen LogP contribution in [0.3, 0.4) is 0 Å². The second-order valence-corrected chi connectivity index (χ2v) is 9.11. The highest BCUT2D eigenvalue weighted by Gasteiger charge is 2.24. The summed E-state index contributed by atoms with van der Waals surface area (Å²) in [6, 6.07) is 12.4. The summed E-state index contributed by atoms with van der Waals surface area (Å²) in [5, 5.41) is 8.59. The van der Waals surface area contributed by atoms with E-state index in [9.17, 15) is 4.79 Å². The average Bonchev–Trinajstić information content (AvgIpc) is 3.28. The van der Waals surface area contributed by atoms with Gasteiger partial charge >= 0.3 is 0 Å². The summed E-state index contributed by atoms with van der Waals surface area (Å²) >= 11 is 3.52. The Balaban J connectivity index is 1.43. The second kappa shape index (κ2) is 8.88. The fraction of sp³-hybridized carbons (Fsp3) is 0.292. The molecule has 3 aromatic heterocycles. The molecule has 1 fully saturated rings. The van der Waals surface area contributed by atoms with E-state index in [4.69, 9.17) is 5.73 Å². The predicted octanol–water partition coefficient (Wildman–Crippen LogP) is 4.49. The van der Waals surface area contributed by atoms with Crippen molar-refractivity contribution in [2.75, 3.05) is 5.32 Å². The Morgan fingerprint density at radius 1 is 1.19 bits per heavy atom. The van der Waals surface area contributed by atoms with Gasteiger partial charge in [0.05, 0.1) is 11.2 Å². The number of aromatic nitrogens is 3. The maximum Gasteiger partial charge on any atom is 0.272 e. The van der Waals surface area contributed by atoms with E-state index in [1.165, 1.54) is 0 Å². The average molecular weight is 493 g/mol. The Kier molecular flexibility index (Phi) is 5.80. The molecule has 5 N–H and O–H groups in total. The molecule has 0 radical (unpaired) electrons. The van der Waals surface area contributed by atoms with Gasteiger partial charge in [-0.2, -0.15) is 0 Å². The van der Waals surface area contributed by atoms with Gasteiger partial charge in [-0.3, -0.25) is 9.78 Å². The molecule has 1 aliphatic carbocycles. The molecule has 7 nitrogen and oxygen atoms in total. The molecule has 1 amide bonds. The largest absolute Gasteiger partial charge is 0.379 e. The number of hydrogen-bond acceptors (Lipinski definition) is 5. The van der Waals surface area contributed by atoms with Crippen LogP contribution in [0.1, 0.15) is 41.7 Å². The van der Waals surface area contributed by atoms with Crippen LogP contribution in [-0.4, -0.2) is 32.9 Å². The van der Waals surface area contributed by atoms with Gasteiger partial charge in [-0.05, 0) is 82.9 Å². The number of fused-ring (bicyclic) bond motifs is 2. The number of H-pyrrole nitrogens is 1. The Hall–Kier alpha value is -2.97. The number of rotatable bonds is 5. The lowest BCUT2D eigenvalue weighted by molar-refractivity contribution is 0.0946. The normalized spacial score (nSPS) is 18.7. The first kappa shape index (κ1) is 20.9. The van der Waals surface area contributed by atoms with Gasteiger partial charge in [0.1, 0.15) is 4.60 Å². The zero-order valence-corrected chi connectivity index (χ0v) is 19.2. The smallest absolute Gasteiger partial charge is 0.272 e. The van der Waals surface area contributed by atoms with Gasteiger partial charge in [0.15, 0.2) is 5.69 Å². The summed E-state index contributed by atoms with van der Waals surface area (Å²) in [6.07, 6.45) is 7.51. The summed E-state index contributed by atoms with van der Waals surface area (Å²) in [6.45, 7) is 0.414. The van der Waals surface area contributed by atoms with Crippen molar-refractivity contribution in [3.05, 3.63) is 64.7 Å². The van der Waals surface area contributed by atoms with Crippen molar-refractivity contribution in [3.63, 3.8) is 0 Å². The first-order valence-electron chi connectivity index (χ1n) is 10.9. The fourth-order valence-corrected chi connectivity index (χ4v) is 4.84. The number of benzene rings is 1. The maximum absolute atomic E-state index is 13.3. The molecule has 3 heterocycles. The minimum Gasteiger partial charge on any atom is -0.379 e. The van der Waals surface area contributed by atoms with Gasteiger partial charge in [-0.25, -0.2) is 4.98 Å². The zero-order valence-electron chi connectivity index (χ0n) is 17.6. The first-order chi connectivity index (χ1) is 15.6. The molecule has 0 aliphatic heterocycles. The predicted molar refractivity (Wildman–Crippen MR) is 131 cm³/mol. The third-order valence-corrected chi connectivity index (χ3v) is 6.72. The van der Waals surface area contributed by atoms with Gasteiger partial charge in [0.25, 0.3) is 5.91 Å². The van der Waals surface area contributed by atoms with Crippen molar-refractivity contribution in [1.29, 1.82) is 0 Å². The fourth-order valence-electron chi connectivity index (χ4n) is 4.34. The first-order valence-corrected chi connectivity index (χ1v) is 11.7. The molecule has 4 aromatic rings. The van der Waals surface area contributed by atoms with Crippen LogP contribution in [-0.2, 0) is 6.54 Å². The number of anilines is 1. The monoisotopic (exact) mass is 492 g/mol. The molecular weight excluding hydrogens is 468 g/mol. The minimum absolute atomic E-state index is 0.234. The molecule has 32 heavy (non-hydrogen) atoms. The lowest BCUT2D eigenvalue weighted by Gasteiger charge is -2.28. The maximum atomic E-state index is 13.3. The van der Waals surface area contributed by atoms with Crippen LogP contribution >= 0.6 is 15.9 Å². The SMILES string of the molecule is NC1CCC(Nc2c(C(=O)NCc3ccc4[nH]ccc4c3)nc(Br)c3cccnc23)CC1. The van der Waals surface area contributed by atoms with E-state index >= 15 is 0 Å². The summed E-state index contributed by atoms with van der Waals surface area (Å²) in [5.74, 6) is -0.234. The number of carbonyl (C=O) groups excluding carboxylic acids is 1. The van der Waals surface area contributed by atoms with Crippen molar-refractivity contribution >= 4 is 49.3 Å². The Morgan fingerprint density at radius 2 is 2.03 bits per heavy atom. The number of halogens is 1. The summed E-state index contributed by atoms with van der Waals surface area (Å²) in [4.78, 5) is 25.6. The lowest BCUT2D eigenvalue weighted by atomic mass is 9.91. The lowest BCUT2D eigenvalue weighted by Crippen LogP contribution is -2.34. The molecule has 8 heteroatoms. The summed E-state index contributed by atoms with van der Waals surface area (Å²) < 4.78 is 0.607. The van der Waals surface area contributed by atoms with Crippen LogP contribution in [0.2, 0.25) is 0 Å². The van der Waals surface area contributed by atoms with Crippen molar-refractivity contribution in [2.45, 2.75) is 44.3 Å². The standard InChI is InChI=1S/C24H25BrN6O/c25-23-18-2-1-10-28-20(18)21(30-17-6-4-16(26)5-7-17)22(31-23)24(32)29-13-14-3-8-19-15(12-14)9-11-27-19/h1-3,8-12,16-17,27,30H,4-7,13,26H2,(H,29,32). The van der Waals surface area contributed by atoms with Crippen LogP contribution < -0.4 is 16.4 Å². The van der Waals surface area contributed by atoms with Crippen LogP contribution in [0, 0.1) is 0 Å². The van der Waals surface area contributed by atoms with Gasteiger partial charge in [-0.15, -0.1) is 0 Å². The molecule has 0 spiro atoms. The molecule has 0 unspecified atom stereocenters. The highest BCUT2D eigenvalue weighted by molar-refractivity contribution is 9.10. The Bertz CT molecular complexity index is 1280. The quantitative estimate of drug-likeness (QED) is 0.307. The van der Waals surface area contributed by atoms with Crippen molar-refractivity contribution < 1.29 is 4.79 Å². The second-order valence-electron chi connectivity index (χ2n) is 8.36. The van der Waals surface area contributed by atoms with Gasteiger partial charge < -0.3 is 21.4 Å². The number of nitrogens with two attached hydrogens (primary N) is 1. The zero-order chi connectivity index (χ0) is 22.1. The number of aromatic amines is 1. The van der Waals surface area contributed by atoms with Gasteiger partial charge in [0, 0.05) is 41.9 Å². The van der Waals surface area contributed by atoms with Crippen LogP contribution in [0.25, 0.3) is 21.8 Å². The van der Waals surface area contributed by atoms with Crippen molar-refractivity contribution in [1.82, 2.24) is 20.3 Å². The van der Waals surface area contributed by atoms with E-state index in [0.717, 1.165) is 53.1 Å². The molecule has 1 saturated carbocycles. The number of amides is 1. The van der Waals surface area contributed by atoms with E-state index < -0.39 is 0 Å². The number of nitrogens with zero attached hydrogens (tertiary/aromatic N) is 2. The number of hydrogen-bond donors (Lipinski definition) is 4. The molecule has 0 saturated heterocycles. The third-order valence-electron chi connectivity index (χ3n) is 6.12. The van der Waals surface area contributed by atoms with Crippen LogP contribution in [0.5, 0.6) is 0 Å². The van der Waals surface area contributed by atoms with E-state index in [2.05, 4.69) is 47.6 Å². The van der Waals surface area contributed by atoms with Crippen LogP contribution in [0.15, 0.2) is 53.4 Å². The molecule has 1 aliphatic rings. The summed E-state index contributed by atoms with van der Waals surface area (Å²) in [5.41, 5.74) is 9.95. The molecule has 164 valence electrons. The van der Waals surface area contributed by atoms with E-state index in [-0.39, 0.29) is 18.0 Å².